The van der Waals surface area contributed by atoms with E-state index in [4.69, 9.17) is 21.1 Å². The average molecular weight is 391 g/mol. The number of methoxy groups -OCH3 is 1. The summed E-state index contributed by atoms with van der Waals surface area (Å²) >= 11 is 7.30. The van der Waals surface area contributed by atoms with E-state index in [-0.39, 0.29) is 17.9 Å². The Morgan fingerprint density at radius 3 is 2.81 bits per heavy atom. The lowest BCUT2D eigenvalue weighted by Gasteiger charge is -2.06. The van der Waals surface area contributed by atoms with Crippen molar-refractivity contribution in [3.63, 3.8) is 0 Å². The minimum absolute atomic E-state index is 0.0824. The Morgan fingerprint density at radius 1 is 1.38 bits per heavy atom. The normalized spacial score (nSPS) is 12.4. The maximum Gasteiger partial charge on any atom is 0.340 e. The Kier molecular flexibility index (Phi) is 5.11. The van der Waals surface area contributed by atoms with Crippen LogP contribution in [-0.2, 0) is 9.53 Å². The van der Waals surface area contributed by atoms with E-state index >= 15 is 0 Å². The van der Waals surface area contributed by atoms with Crippen LogP contribution in [-0.4, -0.2) is 25.8 Å². The highest BCUT2D eigenvalue weighted by molar-refractivity contribution is 7.14. The van der Waals surface area contributed by atoms with Crippen LogP contribution in [0.2, 0.25) is 5.02 Å². The van der Waals surface area contributed by atoms with Crippen LogP contribution < -0.4 is 14.8 Å². The zero-order chi connectivity index (χ0) is 18.7. The monoisotopic (exact) mass is 390 g/mol. The van der Waals surface area contributed by atoms with Crippen molar-refractivity contribution in [2.75, 3.05) is 19.2 Å². The first-order valence-corrected chi connectivity index (χ1v) is 8.47. The molecule has 3 rings (SSSR count). The first kappa shape index (κ1) is 17.8. The second kappa shape index (κ2) is 7.47. The molecule has 0 saturated heterocycles. The van der Waals surface area contributed by atoms with Crippen molar-refractivity contribution < 1.29 is 23.8 Å². The second-order valence-corrected chi connectivity index (χ2v) is 6.33. The van der Waals surface area contributed by atoms with Crippen molar-refractivity contribution in [1.29, 1.82) is 5.26 Å². The Labute approximate surface area is 157 Å². The largest absolute Gasteiger partial charge is 0.465 e. The number of ether oxygens (including phenoxy) is 3. The number of hydrogen-bond donors (Lipinski definition) is 1. The maximum atomic E-state index is 12.4. The molecule has 0 fully saturated rings. The summed E-state index contributed by atoms with van der Waals surface area (Å²) in [6.45, 7) is 0.0824. The van der Waals surface area contributed by atoms with Gasteiger partial charge in [-0.3, -0.25) is 4.79 Å². The van der Waals surface area contributed by atoms with E-state index in [9.17, 15) is 14.9 Å². The lowest BCUT2D eigenvalue weighted by molar-refractivity contribution is -0.112. The van der Waals surface area contributed by atoms with Crippen molar-refractivity contribution in [1.82, 2.24) is 0 Å². The van der Waals surface area contributed by atoms with Gasteiger partial charge in [0.25, 0.3) is 5.91 Å². The molecule has 2 heterocycles. The fourth-order valence-corrected chi connectivity index (χ4v) is 3.17. The Balaban J connectivity index is 1.87. The van der Waals surface area contributed by atoms with E-state index in [1.807, 2.05) is 6.07 Å². The number of carbonyl (C=O) groups excluding carboxylic acids is 2. The molecule has 0 spiro atoms. The van der Waals surface area contributed by atoms with E-state index in [0.29, 0.717) is 27.1 Å². The lowest BCUT2D eigenvalue weighted by atomic mass is 10.1. The van der Waals surface area contributed by atoms with E-state index in [1.54, 1.807) is 17.5 Å². The van der Waals surface area contributed by atoms with Gasteiger partial charge in [0.15, 0.2) is 11.5 Å². The van der Waals surface area contributed by atoms with Gasteiger partial charge in [0.05, 0.1) is 17.7 Å². The van der Waals surface area contributed by atoms with Gasteiger partial charge < -0.3 is 19.5 Å². The Morgan fingerprint density at radius 2 is 2.12 bits per heavy atom. The number of thiophene rings is 1. The number of carbonyl (C=O) groups is 2. The molecule has 1 aliphatic heterocycles. The van der Waals surface area contributed by atoms with E-state index < -0.39 is 11.9 Å². The van der Waals surface area contributed by atoms with Gasteiger partial charge in [-0.1, -0.05) is 11.6 Å². The number of nitrogens with zero attached hydrogens (tertiary/aromatic N) is 1. The molecule has 0 bridgehead atoms. The molecule has 1 aliphatic rings. The molecule has 9 heteroatoms. The standard InChI is InChI=1S/C17H11ClN2O5S/c1-23-17(22)11-2-3-26-16(11)20-15(21)10(7-19)4-9-5-13-14(6-12(9)18)25-8-24-13/h2-6H,8H2,1H3,(H,20,21). The summed E-state index contributed by atoms with van der Waals surface area (Å²) in [5, 5.41) is 14.1. The van der Waals surface area contributed by atoms with Gasteiger partial charge in [0.2, 0.25) is 6.79 Å². The summed E-state index contributed by atoms with van der Waals surface area (Å²) in [6, 6.07) is 6.49. The van der Waals surface area contributed by atoms with Gasteiger partial charge in [-0.2, -0.15) is 5.26 Å². The van der Waals surface area contributed by atoms with Crippen LogP contribution in [0.1, 0.15) is 15.9 Å². The van der Waals surface area contributed by atoms with Gasteiger partial charge in [-0.15, -0.1) is 11.3 Å². The summed E-state index contributed by atoms with van der Waals surface area (Å²) in [6.07, 6.45) is 1.34. The van der Waals surface area contributed by atoms with E-state index in [1.165, 1.54) is 19.3 Å². The van der Waals surface area contributed by atoms with Gasteiger partial charge in [0, 0.05) is 6.07 Å². The highest BCUT2D eigenvalue weighted by Crippen LogP contribution is 2.37. The first-order chi connectivity index (χ1) is 12.5. The van der Waals surface area contributed by atoms with Crippen molar-refractivity contribution >= 4 is 45.9 Å². The summed E-state index contributed by atoms with van der Waals surface area (Å²) < 4.78 is 15.1. The summed E-state index contributed by atoms with van der Waals surface area (Å²) in [4.78, 5) is 24.1. The maximum absolute atomic E-state index is 12.4. The molecule has 0 atom stereocenters. The Bertz CT molecular complexity index is 961. The zero-order valence-electron chi connectivity index (χ0n) is 13.4. The third kappa shape index (κ3) is 3.49. The molecule has 132 valence electrons. The molecule has 0 unspecified atom stereocenters. The number of esters is 1. The summed E-state index contributed by atoms with van der Waals surface area (Å²) in [7, 11) is 1.24. The highest BCUT2D eigenvalue weighted by Gasteiger charge is 2.19. The highest BCUT2D eigenvalue weighted by atomic mass is 35.5. The van der Waals surface area contributed by atoms with Crippen LogP contribution in [0.15, 0.2) is 29.2 Å². The number of halogens is 1. The molecular weight excluding hydrogens is 380 g/mol. The predicted octanol–water partition coefficient (Wildman–Crippen LogP) is 3.46. The first-order valence-electron chi connectivity index (χ1n) is 7.21. The minimum Gasteiger partial charge on any atom is -0.465 e. The van der Waals surface area contributed by atoms with Crippen molar-refractivity contribution in [2.45, 2.75) is 0 Å². The number of anilines is 1. The summed E-state index contributed by atoms with van der Waals surface area (Å²) in [5.41, 5.74) is 0.459. The molecule has 1 amide bonds. The van der Waals surface area contributed by atoms with Crippen LogP contribution in [0.4, 0.5) is 5.00 Å². The number of nitriles is 1. The SMILES string of the molecule is COC(=O)c1ccsc1NC(=O)C(C#N)=Cc1cc2c(cc1Cl)OCO2. The summed E-state index contributed by atoms with van der Waals surface area (Å²) in [5.74, 6) is -0.280. The molecule has 0 saturated carbocycles. The fourth-order valence-electron chi connectivity index (χ4n) is 2.19. The molecule has 1 aromatic heterocycles. The predicted molar refractivity (Wildman–Crippen MR) is 95.5 cm³/mol. The molecule has 0 radical (unpaired) electrons. The van der Waals surface area contributed by atoms with Gasteiger partial charge in [-0.05, 0) is 29.2 Å². The topological polar surface area (TPSA) is 97.7 Å². The average Bonchev–Trinajstić information content (AvgIpc) is 3.27. The van der Waals surface area contributed by atoms with Gasteiger partial charge in [-0.25, -0.2) is 4.79 Å². The number of amides is 1. The zero-order valence-corrected chi connectivity index (χ0v) is 14.9. The molecule has 2 aromatic rings. The number of fused-ring (bicyclic) bond motifs is 1. The number of nitrogens with one attached hydrogen (secondary N) is 1. The van der Waals surface area contributed by atoms with E-state index in [0.717, 1.165) is 11.3 Å². The number of rotatable bonds is 4. The molecule has 26 heavy (non-hydrogen) atoms. The van der Waals surface area contributed by atoms with E-state index in [2.05, 4.69) is 10.1 Å². The molecule has 1 aromatic carbocycles. The number of hydrogen-bond acceptors (Lipinski definition) is 7. The quantitative estimate of drug-likeness (QED) is 0.487. The van der Waals surface area contributed by atoms with Crippen LogP contribution in [0.3, 0.4) is 0 Å². The Hall–Kier alpha value is -3.02. The van der Waals surface area contributed by atoms with Crippen LogP contribution in [0.5, 0.6) is 11.5 Å². The van der Waals surface area contributed by atoms with Crippen molar-refractivity contribution in [3.8, 4) is 17.6 Å². The van der Waals surface area contributed by atoms with Crippen LogP contribution in [0.25, 0.3) is 6.08 Å². The number of benzene rings is 1. The molecule has 1 N–H and O–H groups in total. The van der Waals surface area contributed by atoms with Gasteiger partial charge >= 0.3 is 5.97 Å². The second-order valence-electron chi connectivity index (χ2n) is 5.01. The van der Waals surface area contributed by atoms with Crippen molar-refractivity contribution in [3.05, 3.63) is 45.3 Å². The smallest absolute Gasteiger partial charge is 0.340 e. The minimum atomic E-state index is -0.672. The molecular formula is C17H11ClN2O5S. The third-order valence-electron chi connectivity index (χ3n) is 3.45. The van der Waals surface area contributed by atoms with Gasteiger partial charge in [0.1, 0.15) is 16.6 Å². The lowest BCUT2D eigenvalue weighted by Crippen LogP contribution is -2.15. The van der Waals surface area contributed by atoms with Crippen LogP contribution in [0, 0.1) is 11.3 Å². The third-order valence-corrected chi connectivity index (χ3v) is 4.61. The van der Waals surface area contributed by atoms with Crippen molar-refractivity contribution in [2.24, 2.45) is 0 Å². The molecule has 7 nitrogen and oxygen atoms in total. The molecule has 0 aliphatic carbocycles. The van der Waals surface area contributed by atoms with Crippen LogP contribution >= 0.6 is 22.9 Å². The fraction of sp³-hybridized carbons (Fsp3) is 0.118.